The summed E-state index contributed by atoms with van der Waals surface area (Å²) in [6.45, 7) is 0. The summed E-state index contributed by atoms with van der Waals surface area (Å²) in [5.74, 6) is 0.943. The molecule has 6 nitrogen and oxygen atoms in total. The summed E-state index contributed by atoms with van der Waals surface area (Å²) in [5, 5.41) is 8.74. The van der Waals surface area contributed by atoms with E-state index in [0.717, 1.165) is 45.9 Å². The van der Waals surface area contributed by atoms with Crippen LogP contribution >= 0.6 is 45.9 Å². The number of carbonyl (C=O) groups is 2. The molecular formula is C26H24Cl2N2O4S2. The first-order valence-electron chi connectivity index (χ1n) is 11.5. The van der Waals surface area contributed by atoms with Gasteiger partial charge in [-0.2, -0.15) is 0 Å². The van der Waals surface area contributed by atoms with E-state index in [-0.39, 0.29) is 23.9 Å². The topological polar surface area (TPSA) is 76.7 Å². The van der Waals surface area contributed by atoms with Crippen LogP contribution in [0.2, 0.25) is 10.0 Å². The second kappa shape index (κ2) is 10.5. The van der Waals surface area contributed by atoms with Crippen molar-refractivity contribution in [3.05, 3.63) is 56.2 Å². The minimum absolute atomic E-state index is 0.209. The molecule has 1 aliphatic carbocycles. The van der Waals surface area contributed by atoms with Gasteiger partial charge in [-0.1, -0.05) is 36.0 Å². The fraction of sp³-hybridized carbons (Fsp3) is 0.308. The van der Waals surface area contributed by atoms with E-state index in [2.05, 4.69) is 10.6 Å². The van der Waals surface area contributed by atoms with Crippen LogP contribution in [0.3, 0.4) is 0 Å². The first kappa shape index (κ1) is 25.1. The SMILES string of the molecule is COc1ccc2c(Cl)c(C(=O)N[C@H]3CCCC[C@@H]3NC(=O)c3sc4cc(OC)ccc4c3Cl)sc2c1. The summed E-state index contributed by atoms with van der Waals surface area (Å²) in [4.78, 5) is 27.4. The summed E-state index contributed by atoms with van der Waals surface area (Å²) < 4.78 is 12.3. The van der Waals surface area contributed by atoms with Gasteiger partial charge in [0.1, 0.15) is 21.3 Å². The molecule has 5 rings (SSSR count). The van der Waals surface area contributed by atoms with Crippen molar-refractivity contribution in [3.63, 3.8) is 0 Å². The third kappa shape index (κ3) is 4.75. The van der Waals surface area contributed by atoms with Gasteiger partial charge in [0.05, 0.1) is 24.3 Å². The molecule has 0 saturated heterocycles. The van der Waals surface area contributed by atoms with Crippen LogP contribution in [0.4, 0.5) is 0 Å². The Morgan fingerprint density at radius 1 is 0.778 bits per heavy atom. The van der Waals surface area contributed by atoms with Crippen molar-refractivity contribution in [2.24, 2.45) is 0 Å². The lowest BCUT2D eigenvalue weighted by Gasteiger charge is -2.32. The van der Waals surface area contributed by atoms with Crippen LogP contribution in [0, 0.1) is 0 Å². The smallest absolute Gasteiger partial charge is 0.263 e. The Morgan fingerprint density at radius 3 is 1.58 bits per heavy atom. The van der Waals surface area contributed by atoms with Gasteiger partial charge in [0, 0.05) is 32.3 Å². The molecule has 2 heterocycles. The van der Waals surface area contributed by atoms with E-state index in [9.17, 15) is 9.59 Å². The lowest BCUT2D eigenvalue weighted by molar-refractivity contribution is 0.0867. The molecule has 36 heavy (non-hydrogen) atoms. The van der Waals surface area contributed by atoms with Crippen molar-refractivity contribution in [3.8, 4) is 11.5 Å². The van der Waals surface area contributed by atoms with E-state index >= 15 is 0 Å². The van der Waals surface area contributed by atoms with Crippen molar-refractivity contribution in [2.45, 2.75) is 37.8 Å². The molecule has 0 spiro atoms. The molecule has 4 aromatic rings. The Labute approximate surface area is 226 Å². The Morgan fingerprint density at radius 2 is 1.19 bits per heavy atom. The van der Waals surface area contributed by atoms with E-state index in [1.807, 2.05) is 36.4 Å². The molecule has 2 aromatic heterocycles. The van der Waals surface area contributed by atoms with Gasteiger partial charge >= 0.3 is 0 Å². The molecule has 0 bridgehead atoms. The van der Waals surface area contributed by atoms with Crippen molar-refractivity contribution in [1.29, 1.82) is 0 Å². The molecule has 188 valence electrons. The van der Waals surface area contributed by atoms with Crippen LogP contribution in [0.25, 0.3) is 20.2 Å². The number of nitrogens with one attached hydrogen (secondary N) is 2. The van der Waals surface area contributed by atoms with Crippen molar-refractivity contribution in [2.75, 3.05) is 14.2 Å². The third-order valence-corrected chi connectivity index (χ3v) is 9.80. The fourth-order valence-electron chi connectivity index (χ4n) is 4.58. The van der Waals surface area contributed by atoms with Crippen LogP contribution in [0.1, 0.15) is 45.0 Å². The van der Waals surface area contributed by atoms with Crippen molar-refractivity contribution in [1.82, 2.24) is 10.6 Å². The number of fused-ring (bicyclic) bond motifs is 2. The summed E-state index contributed by atoms with van der Waals surface area (Å²) >= 11 is 15.8. The van der Waals surface area contributed by atoms with Gasteiger partial charge in [-0.05, 0) is 49.2 Å². The number of carbonyl (C=O) groups excluding carboxylic acids is 2. The van der Waals surface area contributed by atoms with Crippen molar-refractivity contribution >= 4 is 77.9 Å². The first-order chi connectivity index (χ1) is 17.4. The molecule has 1 saturated carbocycles. The second-order valence-corrected chi connectivity index (χ2v) is 11.5. The maximum atomic E-state index is 13.2. The highest BCUT2D eigenvalue weighted by Crippen LogP contribution is 2.39. The maximum absolute atomic E-state index is 13.2. The molecular weight excluding hydrogens is 539 g/mol. The average Bonchev–Trinajstić information content (AvgIpc) is 3.40. The number of rotatable bonds is 6. The molecule has 10 heteroatoms. The molecule has 0 unspecified atom stereocenters. The molecule has 0 radical (unpaired) electrons. The largest absolute Gasteiger partial charge is 0.497 e. The van der Waals surface area contributed by atoms with E-state index < -0.39 is 0 Å². The number of hydrogen-bond acceptors (Lipinski definition) is 6. The Kier molecular flexibility index (Phi) is 7.30. The van der Waals surface area contributed by atoms with Crippen LogP contribution in [0.5, 0.6) is 11.5 Å². The zero-order valence-electron chi connectivity index (χ0n) is 19.7. The summed E-state index contributed by atoms with van der Waals surface area (Å²) in [7, 11) is 3.20. The number of benzene rings is 2. The van der Waals surface area contributed by atoms with Gasteiger partial charge in [-0.15, -0.1) is 22.7 Å². The quantitative estimate of drug-likeness (QED) is 0.267. The molecule has 0 aliphatic heterocycles. The number of ether oxygens (including phenoxy) is 2. The molecule has 2 atom stereocenters. The van der Waals surface area contributed by atoms with Gasteiger partial charge in [0.25, 0.3) is 11.8 Å². The molecule has 2 amide bonds. The highest BCUT2D eigenvalue weighted by Gasteiger charge is 2.31. The molecule has 1 aliphatic rings. The monoisotopic (exact) mass is 562 g/mol. The zero-order valence-corrected chi connectivity index (χ0v) is 22.8. The van der Waals surface area contributed by atoms with Crippen LogP contribution in [-0.2, 0) is 0 Å². The molecule has 2 aromatic carbocycles. The van der Waals surface area contributed by atoms with Crippen LogP contribution in [-0.4, -0.2) is 38.1 Å². The predicted octanol–water partition coefficient (Wildman–Crippen LogP) is 6.91. The van der Waals surface area contributed by atoms with E-state index in [1.165, 1.54) is 22.7 Å². The van der Waals surface area contributed by atoms with Gasteiger partial charge in [0.2, 0.25) is 0 Å². The van der Waals surface area contributed by atoms with Crippen molar-refractivity contribution < 1.29 is 19.1 Å². The number of methoxy groups -OCH3 is 2. The van der Waals surface area contributed by atoms with Gasteiger partial charge in [-0.3, -0.25) is 9.59 Å². The zero-order chi connectivity index (χ0) is 25.4. The average molecular weight is 564 g/mol. The predicted molar refractivity (Wildman–Crippen MR) is 148 cm³/mol. The summed E-state index contributed by atoms with van der Waals surface area (Å²) in [5.41, 5.74) is 0. The van der Waals surface area contributed by atoms with E-state index in [0.29, 0.717) is 31.3 Å². The molecule has 2 N–H and O–H groups in total. The minimum Gasteiger partial charge on any atom is -0.497 e. The van der Waals surface area contributed by atoms with Gasteiger partial charge in [0.15, 0.2) is 0 Å². The van der Waals surface area contributed by atoms with Crippen LogP contribution in [0.15, 0.2) is 36.4 Å². The Hall–Kier alpha value is -2.52. The number of thiophene rings is 2. The maximum Gasteiger partial charge on any atom is 0.263 e. The van der Waals surface area contributed by atoms with E-state index in [1.54, 1.807) is 14.2 Å². The second-order valence-electron chi connectivity index (χ2n) is 8.66. The highest BCUT2D eigenvalue weighted by molar-refractivity contribution is 7.22. The number of hydrogen-bond donors (Lipinski definition) is 2. The minimum atomic E-state index is -0.238. The first-order valence-corrected chi connectivity index (χ1v) is 13.9. The normalized spacial score (nSPS) is 17.8. The molecule has 1 fully saturated rings. The van der Waals surface area contributed by atoms with Gasteiger partial charge < -0.3 is 20.1 Å². The fourth-order valence-corrected chi connectivity index (χ4v) is 7.48. The lowest BCUT2D eigenvalue weighted by Crippen LogP contribution is -2.53. The third-order valence-electron chi connectivity index (χ3n) is 6.48. The Balaban J connectivity index is 1.34. The number of amides is 2. The highest BCUT2D eigenvalue weighted by atomic mass is 35.5. The van der Waals surface area contributed by atoms with E-state index in [4.69, 9.17) is 32.7 Å². The summed E-state index contributed by atoms with van der Waals surface area (Å²) in [6, 6.07) is 10.7. The van der Waals surface area contributed by atoms with Crippen LogP contribution < -0.4 is 20.1 Å². The van der Waals surface area contributed by atoms with Gasteiger partial charge in [-0.25, -0.2) is 0 Å². The summed E-state index contributed by atoms with van der Waals surface area (Å²) in [6.07, 6.45) is 3.48. The number of halogens is 2. The lowest BCUT2D eigenvalue weighted by atomic mass is 9.90. The Bertz CT molecular complexity index is 1360. The standard InChI is InChI=1S/C26H24Cl2N2O4S2/c1-33-13-7-9-15-19(11-13)35-23(21(15)27)25(31)29-17-5-3-4-6-18(17)30-26(32)24-22(28)16-10-8-14(34-2)12-20(16)36-24/h7-12,17-18H,3-6H2,1-2H3,(H,29,31)(H,30,32)/t17-,18-/m0/s1.